The lowest BCUT2D eigenvalue weighted by atomic mass is 10.1. The van der Waals surface area contributed by atoms with Gasteiger partial charge in [-0.25, -0.2) is 14.8 Å². The van der Waals surface area contributed by atoms with E-state index >= 15 is 0 Å². The highest BCUT2D eigenvalue weighted by atomic mass is 16.5. The number of anilines is 2. The number of hydrogen-bond acceptors (Lipinski definition) is 5. The van der Waals surface area contributed by atoms with Gasteiger partial charge in [0.05, 0.1) is 5.69 Å². The molecule has 0 radical (unpaired) electrons. The van der Waals surface area contributed by atoms with Gasteiger partial charge in [-0.2, -0.15) is 0 Å². The molecule has 0 fully saturated rings. The predicted molar refractivity (Wildman–Crippen MR) is 128 cm³/mol. The lowest BCUT2D eigenvalue weighted by Crippen LogP contribution is -2.04. The Kier molecular flexibility index (Phi) is 6.37. The topological polar surface area (TPSA) is 64.1 Å². The molecule has 5 heteroatoms. The summed E-state index contributed by atoms with van der Waals surface area (Å²) in [6, 6.07) is 27.0. The second kappa shape index (κ2) is 9.71. The van der Waals surface area contributed by atoms with Crippen LogP contribution in [-0.4, -0.2) is 15.9 Å². The number of carbonyl (C=O) groups excluding carboxylic acids is 1. The van der Waals surface area contributed by atoms with Gasteiger partial charge < -0.3 is 10.1 Å². The van der Waals surface area contributed by atoms with Crippen molar-refractivity contribution < 1.29 is 9.53 Å². The zero-order valence-corrected chi connectivity index (χ0v) is 17.9. The number of aromatic nitrogens is 2. The number of hydrogen-bond donors (Lipinski definition) is 1. The second-order valence-electron chi connectivity index (χ2n) is 7.37. The minimum atomic E-state index is -0.438. The number of aryl methyl sites for hydroxylation is 2. The van der Waals surface area contributed by atoms with E-state index in [2.05, 4.69) is 15.3 Å². The van der Waals surface area contributed by atoms with E-state index in [1.807, 2.05) is 86.6 Å². The molecule has 0 aliphatic rings. The van der Waals surface area contributed by atoms with E-state index in [0.717, 1.165) is 22.5 Å². The molecule has 1 N–H and O–H groups in total. The fourth-order valence-corrected chi connectivity index (χ4v) is 3.17. The molecule has 0 unspecified atom stereocenters. The number of carbonyl (C=O) groups is 1. The van der Waals surface area contributed by atoms with Crippen LogP contribution in [0, 0.1) is 13.8 Å². The lowest BCUT2D eigenvalue weighted by molar-refractivity contribution is -0.128. The van der Waals surface area contributed by atoms with E-state index in [1.165, 1.54) is 11.6 Å². The summed E-state index contributed by atoms with van der Waals surface area (Å²) >= 11 is 0. The molecule has 3 aromatic carbocycles. The van der Waals surface area contributed by atoms with Gasteiger partial charge in [0.1, 0.15) is 17.4 Å². The third kappa shape index (κ3) is 5.67. The number of rotatable bonds is 6. The standard InChI is InChI=1S/C27H23N3O2/c1-19-11-13-21(14-12-19)15-16-27(31)32-24-10-6-9-23(17-24)30-26-18-25(28-20(2)29-26)22-7-4-3-5-8-22/h3-18H,1-2H3,(H,28,29,30)/b16-15+. The van der Waals surface area contributed by atoms with E-state index in [9.17, 15) is 4.79 Å². The highest BCUT2D eigenvalue weighted by Gasteiger charge is 2.07. The van der Waals surface area contributed by atoms with E-state index in [1.54, 1.807) is 18.2 Å². The number of nitrogens with zero attached hydrogens (tertiary/aromatic N) is 2. The fourth-order valence-electron chi connectivity index (χ4n) is 3.17. The highest BCUT2D eigenvalue weighted by molar-refractivity contribution is 5.88. The summed E-state index contributed by atoms with van der Waals surface area (Å²) in [5.41, 5.74) is 4.73. The first kappa shape index (κ1) is 21.0. The van der Waals surface area contributed by atoms with Crippen molar-refractivity contribution in [1.29, 1.82) is 0 Å². The van der Waals surface area contributed by atoms with Crippen LogP contribution in [0.25, 0.3) is 17.3 Å². The number of benzene rings is 3. The number of esters is 1. The Morgan fingerprint density at radius 3 is 2.44 bits per heavy atom. The Labute approximate surface area is 187 Å². The molecular formula is C27H23N3O2. The minimum Gasteiger partial charge on any atom is -0.423 e. The maximum Gasteiger partial charge on any atom is 0.336 e. The van der Waals surface area contributed by atoms with Crippen LogP contribution >= 0.6 is 0 Å². The van der Waals surface area contributed by atoms with Crippen molar-refractivity contribution in [2.24, 2.45) is 0 Å². The van der Waals surface area contributed by atoms with Gasteiger partial charge in [-0.05, 0) is 37.6 Å². The summed E-state index contributed by atoms with van der Waals surface area (Å²) in [4.78, 5) is 21.2. The summed E-state index contributed by atoms with van der Waals surface area (Å²) in [5, 5.41) is 3.27. The predicted octanol–water partition coefficient (Wildman–Crippen LogP) is 6.12. The van der Waals surface area contributed by atoms with Crippen LogP contribution in [0.2, 0.25) is 0 Å². The van der Waals surface area contributed by atoms with Crippen molar-refractivity contribution in [3.8, 4) is 17.0 Å². The molecule has 0 aliphatic heterocycles. The second-order valence-corrected chi connectivity index (χ2v) is 7.37. The quantitative estimate of drug-likeness (QED) is 0.231. The molecule has 0 amide bonds. The molecule has 1 aromatic heterocycles. The van der Waals surface area contributed by atoms with Gasteiger partial charge in [-0.1, -0.05) is 66.2 Å². The summed E-state index contributed by atoms with van der Waals surface area (Å²) in [5.74, 6) is 1.34. The van der Waals surface area contributed by atoms with Crippen molar-refractivity contribution in [3.63, 3.8) is 0 Å². The first-order chi connectivity index (χ1) is 15.5. The van der Waals surface area contributed by atoms with Crippen LogP contribution in [0.3, 0.4) is 0 Å². The Hall–Kier alpha value is -4.25. The van der Waals surface area contributed by atoms with Crippen LogP contribution in [0.15, 0.2) is 91.0 Å². The third-order valence-corrected chi connectivity index (χ3v) is 4.72. The van der Waals surface area contributed by atoms with Crippen LogP contribution in [-0.2, 0) is 4.79 Å². The van der Waals surface area contributed by atoms with Gasteiger partial charge in [0.25, 0.3) is 0 Å². The summed E-state index contributed by atoms with van der Waals surface area (Å²) in [6.07, 6.45) is 3.16. The van der Waals surface area contributed by atoms with E-state index in [0.29, 0.717) is 17.4 Å². The molecule has 158 valence electrons. The zero-order valence-electron chi connectivity index (χ0n) is 17.9. The van der Waals surface area contributed by atoms with Crippen LogP contribution in [0.5, 0.6) is 5.75 Å². The molecule has 4 aromatic rings. The summed E-state index contributed by atoms with van der Waals surface area (Å²) < 4.78 is 5.46. The largest absolute Gasteiger partial charge is 0.423 e. The van der Waals surface area contributed by atoms with Gasteiger partial charge >= 0.3 is 5.97 Å². The number of nitrogens with one attached hydrogen (secondary N) is 1. The lowest BCUT2D eigenvalue weighted by Gasteiger charge is -2.10. The van der Waals surface area contributed by atoms with Gasteiger partial charge in [0.15, 0.2) is 0 Å². The molecule has 0 saturated carbocycles. The van der Waals surface area contributed by atoms with E-state index in [-0.39, 0.29) is 0 Å². The molecule has 0 saturated heterocycles. The Morgan fingerprint density at radius 1 is 0.875 bits per heavy atom. The van der Waals surface area contributed by atoms with Gasteiger partial charge in [0.2, 0.25) is 0 Å². The first-order valence-electron chi connectivity index (χ1n) is 10.3. The van der Waals surface area contributed by atoms with Gasteiger partial charge in [-0.15, -0.1) is 0 Å². The molecule has 0 aliphatic carbocycles. The molecule has 1 heterocycles. The normalized spacial score (nSPS) is 10.8. The van der Waals surface area contributed by atoms with Crippen LogP contribution < -0.4 is 10.1 Å². The van der Waals surface area contributed by atoms with Crippen LogP contribution in [0.1, 0.15) is 17.0 Å². The summed E-state index contributed by atoms with van der Waals surface area (Å²) in [6.45, 7) is 3.88. The van der Waals surface area contributed by atoms with Crippen molar-refractivity contribution in [3.05, 3.63) is 108 Å². The highest BCUT2D eigenvalue weighted by Crippen LogP contribution is 2.24. The van der Waals surface area contributed by atoms with Crippen molar-refractivity contribution >= 4 is 23.6 Å². The maximum absolute atomic E-state index is 12.2. The maximum atomic E-state index is 12.2. The molecule has 0 spiro atoms. The molecule has 0 atom stereocenters. The van der Waals surface area contributed by atoms with Crippen LogP contribution in [0.4, 0.5) is 11.5 Å². The molecule has 0 bridgehead atoms. The first-order valence-corrected chi connectivity index (χ1v) is 10.3. The summed E-state index contributed by atoms with van der Waals surface area (Å²) in [7, 11) is 0. The average molecular weight is 422 g/mol. The third-order valence-electron chi connectivity index (χ3n) is 4.72. The monoisotopic (exact) mass is 421 g/mol. The van der Waals surface area contributed by atoms with Crippen molar-refractivity contribution in [2.45, 2.75) is 13.8 Å². The van der Waals surface area contributed by atoms with Gasteiger partial charge in [0, 0.05) is 29.5 Å². The Balaban J connectivity index is 1.46. The molecule has 5 nitrogen and oxygen atoms in total. The molecule has 4 rings (SSSR count). The van der Waals surface area contributed by atoms with E-state index < -0.39 is 5.97 Å². The number of ether oxygens (including phenoxy) is 1. The zero-order chi connectivity index (χ0) is 22.3. The Bertz CT molecular complexity index is 1250. The fraction of sp³-hybridized carbons (Fsp3) is 0.0741. The molecular weight excluding hydrogens is 398 g/mol. The smallest absolute Gasteiger partial charge is 0.336 e. The van der Waals surface area contributed by atoms with Crippen molar-refractivity contribution in [1.82, 2.24) is 9.97 Å². The average Bonchev–Trinajstić information content (AvgIpc) is 2.79. The minimum absolute atomic E-state index is 0.438. The SMILES string of the molecule is Cc1ccc(/C=C/C(=O)Oc2cccc(Nc3cc(-c4ccccc4)nc(C)n3)c2)cc1. The Morgan fingerprint density at radius 2 is 1.66 bits per heavy atom. The van der Waals surface area contributed by atoms with Gasteiger partial charge in [-0.3, -0.25) is 0 Å². The van der Waals surface area contributed by atoms with Crippen molar-refractivity contribution in [2.75, 3.05) is 5.32 Å². The molecule has 32 heavy (non-hydrogen) atoms. The van der Waals surface area contributed by atoms with E-state index in [4.69, 9.17) is 4.74 Å².